The first kappa shape index (κ1) is 23.1. The molecule has 2 aromatic carbocycles. The van der Waals surface area contributed by atoms with Gasteiger partial charge in [0.25, 0.3) is 0 Å². The zero-order chi connectivity index (χ0) is 23.3. The fraction of sp³-hybridized carbons (Fsp3) is 0.320. The molecule has 0 aliphatic heterocycles. The van der Waals surface area contributed by atoms with Crippen molar-refractivity contribution in [2.45, 2.75) is 32.8 Å². The molecular weight excluding hydrogens is 406 g/mol. The molecule has 0 atom stereocenters. The van der Waals surface area contributed by atoms with Gasteiger partial charge < -0.3 is 14.3 Å². The van der Waals surface area contributed by atoms with E-state index in [2.05, 4.69) is 55.3 Å². The van der Waals surface area contributed by atoms with Crippen LogP contribution < -0.4 is 4.74 Å². The van der Waals surface area contributed by atoms with Crippen molar-refractivity contribution >= 4 is 11.7 Å². The molecule has 0 spiro atoms. The highest BCUT2D eigenvalue weighted by atomic mass is 16.6. The molecule has 0 aliphatic carbocycles. The Morgan fingerprint density at radius 3 is 2.38 bits per heavy atom. The first-order chi connectivity index (χ1) is 15.2. The van der Waals surface area contributed by atoms with Crippen molar-refractivity contribution in [1.82, 2.24) is 9.78 Å². The lowest BCUT2D eigenvalue weighted by molar-refractivity contribution is -0.132. The SMILES string of the molecule is CO/N=C(/C(=O)OC)c1ccccc1COc1cc(-c2ccc(C(C)(C)C)cc2)nn1C. The van der Waals surface area contributed by atoms with Crippen LogP contribution in [0.15, 0.2) is 59.8 Å². The summed E-state index contributed by atoms with van der Waals surface area (Å²) in [6.07, 6.45) is 0. The van der Waals surface area contributed by atoms with Crippen molar-refractivity contribution in [3.05, 3.63) is 71.3 Å². The molecule has 1 aromatic heterocycles. The third-order valence-electron chi connectivity index (χ3n) is 5.09. The van der Waals surface area contributed by atoms with Gasteiger partial charge in [-0.2, -0.15) is 5.10 Å². The molecule has 168 valence electrons. The summed E-state index contributed by atoms with van der Waals surface area (Å²) >= 11 is 0. The molecular formula is C25H29N3O4. The minimum absolute atomic E-state index is 0.0823. The van der Waals surface area contributed by atoms with Crippen LogP contribution in [0.5, 0.6) is 5.88 Å². The van der Waals surface area contributed by atoms with Gasteiger partial charge in [-0.15, -0.1) is 0 Å². The number of methoxy groups -OCH3 is 1. The summed E-state index contributed by atoms with van der Waals surface area (Å²) in [5.41, 5.74) is 4.64. The summed E-state index contributed by atoms with van der Waals surface area (Å²) in [4.78, 5) is 17.0. The monoisotopic (exact) mass is 435 g/mol. The van der Waals surface area contributed by atoms with E-state index in [-0.39, 0.29) is 17.7 Å². The van der Waals surface area contributed by atoms with Gasteiger partial charge in [0.2, 0.25) is 5.88 Å². The molecule has 3 aromatic rings. The van der Waals surface area contributed by atoms with Crippen LogP contribution in [0.4, 0.5) is 0 Å². The van der Waals surface area contributed by atoms with Gasteiger partial charge in [-0.05, 0) is 16.5 Å². The van der Waals surface area contributed by atoms with E-state index in [1.165, 1.54) is 19.8 Å². The Hall–Kier alpha value is -3.61. The van der Waals surface area contributed by atoms with E-state index in [0.29, 0.717) is 11.4 Å². The van der Waals surface area contributed by atoms with Gasteiger partial charge in [0.05, 0.1) is 12.8 Å². The number of nitrogens with zero attached hydrogens (tertiary/aromatic N) is 3. The van der Waals surface area contributed by atoms with Crippen LogP contribution in [0.3, 0.4) is 0 Å². The second kappa shape index (κ2) is 9.68. The van der Waals surface area contributed by atoms with E-state index in [0.717, 1.165) is 16.8 Å². The molecule has 0 saturated carbocycles. The minimum atomic E-state index is -0.583. The van der Waals surface area contributed by atoms with Crippen LogP contribution in [0, 0.1) is 0 Å². The second-order valence-corrected chi connectivity index (χ2v) is 8.38. The molecule has 0 fully saturated rings. The average Bonchev–Trinajstić information content (AvgIpc) is 3.16. The van der Waals surface area contributed by atoms with Gasteiger partial charge in [0, 0.05) is 24.2 Å². The quantitative estimate of drug-likeness (QED) is 0.311. The lowest BCUT2D eigenvalue weighted by Crippen LogP contribution is -2.20. The van der Waals surface area contributed by atoms with Crippen LogP contribution >= 0.6 is 0 Å². The highest BCUT2D eigenvalue weighted by molar-refractivity contribution is 6.43. The van der Waals surface area contributed by atoms with Crippen molar-refractivity contribution in [3.8, 4) is 17.1 Å². The Bertz CT molecular complexity index is 1110. The number of carbonyl (C=O) groups excluding carboxylic acids is 1. The number of hydrogen-bond acceptors (Lipinski definition) is 6. The topological polar surface area (TPSA) is 74.9 Å². The Balaban J connectivity index is 1.82. The number of carbonyl (C=O) groups is 1. The number of aryl methyl sites for hydroxylation is 1. The van der Waals surface area contributed by atoms with Crippen LogP contribution in [0.1, 0.15) is 37.5 Å². The fourth-order valence-electron chi connectivity index (χ4n) is 3.28. The van der Waals surface area contributed by atoms with Gasteiger partial charge in [-0.3, -0.25) is 0 Å². The van der Waals surface area contributed by atoms with Crippen LogP contribution in [0.2, 0.25) is 0 Å². The van der Waals surface area contributed by atoms with E-state index in [4.69, 9.17) is 14.3 Å². The number of oxime groups is 1. The first-order valence-corrected chi connectivity index (χ1v) is 10.3. The van der Waals surface area contributed by atoms with E-state index >= 15 is 0 Å². The number of ether oxygens (including phenoxy) is 2. The number of aromatic nitrogens is 2. The second-order valence-electron chi connectivity index (χ2n) is 8.38. The van der Waals surface area contributed by atoms with Gasteiger partial charge in [-0.25, -0.2) is 9.48 Å². The molecule has 3 rings (SSSR count). The van der Waals surface area contributed by atoms with Crippen LogP contribution in [0.25, 0.3) is 11.3 Å². The lowest BCUT2D eigenvalue weighted by Gasteiger charge is -2.18. The summed E-state index contributed by atoms with van der Waals surface area (Å²) in [5, 5.41) is 8.42. The van der Waals surface area contributed by atoms with Crippen molar-refractivity contribution < 1.29 is 19.1 Å². The Kier molecular flexibility index (Phi) is 6.98. The maximum atomic E-state index is 12.1. The van der Waals surface area contributed by atoms with Gasteiger partial charge >= 0.3 is 5.97 Å². The molecule has 7 heteroatoms. The predicted octanol–water partition coefficient (Wildman–Crippen LogP) is 4.49. The Morgan fingerprint density at radius 2 is 1.75 bits per heavy atom. The molecule has 1 heterocycles. The third kappa shape index (κ3) is 5.17. The highest BCUT2D eigenvalue weighted by Gasteiger charge is 2.20. The summed E-state index contributed by atoms with van der Waals surface area (Å²) in [5.74, 6) is 0.0267. The standard InChI is InChI=1S/C25H29N3O4/c1-25(2,3)19-13-11-17(12-14-19)21-15-22(28(4)26-21)32-16-18-9-7-8-10-20(18)23(27-31-6)24(29)30-5/h7-15H,16H2,1-6H3/b27-23+. The van der Waals surface area contributed by atoms with Crippen molar-refractivity contribution in [2.24, 2.45) is 12.2 Å². The summed E-state index contributed by atoms with van der Waals surface area (Å²) < 4.78 is 12.6. The van der Waals surface area contributed by atoms with Crippen molar-refractivity contribution in [1.29, 1.82) is 0 Å². The maximum Gasteiger partial charge on any atom is 0.360 e. The lowest BCUT2D eigenvalue weighted by atomic mass is 9.86. The molecule has 0 N–H and O–H groups in total. The molecule has 0 aliphatic rings. The number of rotatable bonds is 7. The highest BCUT2D eigenvalue weighted by Crippen LogP contribution is 2.27. The maximum absolute atomic E-state index is 12.1. The predicted molar refractivity (Wildman–Crippen MR) is 124 cm³/mol. The molecule has 7 nitrogen and oxygen atoms in total. The zero-order valence-corrected chi connectivity index (χ0v) is 19.4. The van der Waals surface area contributed by atoms with Gasteiger partial charge in [-0.1, -0.05) is 74.5 Å². The van der Waals surface area contributed by atoms with Crippen LogP contribution in [-0.4, -0.2) is 35.7 Å². The summed E-state index contributed by atoms with van der Waals surface area (Å²) in [7, 11) is 4.52. The van der Waals surface area contributed by atoms with E-state index < -0.39 is 5.97 Å². The largest absolute Gasteiger partial charge is 0.473 e. The summed E-state index contributed by atoms with van der Waals surface area (Å²) in [6.45, 7) is 6.79. The third-order valence-corrected chi connectivity index (χ3v) is 5.09. The van der Waals surface area contributed by atoms with E-state index in [1.807, 2.05) is 31.3 Å². The van der Waals surface area contributed by atoms with Gasteiger partial charge in [0.1, 0.15) is 13.7 Å². The summed E-state index contributed by atoms with van der Waals surface area (Å²) in [6, 6.07) is 17.6. The fourth-order valence-corrected chi connectivity index (χ4v) is 3.28. The van der Waals surface area contributed by atoms with E-state index in [9.17, 15) is 4.79 Å². The Labute approximate surface area is 188 Å². The normalized spacial score (nSPS) is 11.9. The molecule has 0 bridgehead atoms. The van der Waals surface area contributed by atoms with Gasteiger partial charge in [0.15, 0.2) is 5.71 Å². The Morgan fingerprint density at radius 1 is 1.06 bits per heavy atom. The van der Waals surface area contributed by atoms with Crippen LogP contribution in [-0.2, 0) is 33.4 Å². The first-order valence-electron chi connectivity index (χ1n) is 10.3. The molecule has 0 amide bonds. The number of benzene rings is 2. The smallest absolute Gasteiger partial charge is 0.360 e. The molecule has 32 heavy (non-hydrogen) atoms. The molecule has 0 saturated heterocycles. The van der Waals surface area contributed by atoms with Crippen molar-refractivity contribution in [2.75, 3.05) is 14.2 Å². The average molecular weight is 436 g/mol. The zero-order valence-electron chi connectivity index (χ0n) is 19.4. The number of hydrogen-bond donors (Lipinski definition) is 0. The molecule has 0 unspecified atom stereocenters. The minimum Gasteiger partial charge on any atom is -0.473 e. The van der Waals surface area contributed by atoms with E-state index in [1.54, 1.807) is 10.7 Å². The number of esters is 1. The van der Waals surface area contributed by atoms with Crippen molar-refractivity contribution in [3.63, 3.8) is 0 Å². The molecule has 0 radical (unpaired) electrons.